The smallest absolute Gasteiger partial charge is 0.307 e. The summed E-state index contributed by atoms with van der Waals surface area (Å²) in [5.74, 6) is -0.120. The molecular weight excluding hydrogens is 178 g/mol. The third-order valence-corrected chi connectivity index (χ3v) is 2.26. The average Bonchev–Trinajstić information content (AvgIpc) is 2.89. The molecule has 0 amide bonds. The lowest BCUT2D eigenvalue weighted by molar-refractivity contribution is -0.142. The van der Waals surface area contributed by atoms with Crippen LogP contribution in [0.4, 0.5) is 11.4 Å². The lowest BCUT2D eigenvalue weighted by Crippen LogP contribution is -2.11. The Morgan fingerprint density at radius 3 is 2.57 bits per heavy atom. The van der Waals surface area contributed by atoms with Crippen LogP contribution in [0.1, 0.15) is 13.3 Å². The summed E-state index contributed by atoms with van der Waals surface area (Å²) < 4.78 is 4.85. The van der Waals surface area contributed by atoms with E-state index >= 15 is 0 Å². The number of rotatable bonds is 4. The largest absolute Gasteiger partial charge is 0.466 e. The summed E-state index contributed by atoms with van der Waals surface area (Å²) in [6.07, 6.45) is 0.461. The van der Waals surface area contributed by atoms with Crippen molar-refractivity contribution in [3.8, 4) is 0 Å². The summed E-state index contributed by atoms with van der Waals surface area (Å²) >= 11 is 0. The number of ether oxygens (including phenoxy) is 1. The average molecular weight is 191 g/mol. The quantitative estimate of drug-likeness (QED) is 0.539. The Morgan fingerprint density at radius 2 is 2.00 bits per heavy atom. The van der Waals surface area contributed by atoms with Gasteiger partial charge in [0.25, 0.3) is 0 Å². The van der Waals surface area contributed by atoms with Gasteiger partial charge in [-0.1, -0.05) is 12.1 Å². The SMILES string of the molecule is CCOC(=O)CCN1c2ccccc21. The second-order valence-electron chi connectivity index (χ2n) is 3.20. The number of anilines is 2. The summed E-state index contributed by atoms with van der Waals surface area (Å²) in [6.45, 7) is 3.02. The molecule has 1 heterocycles. The summed E-state index contributed by atoms with van der Waals surface area (Å²) in [6, 6.07) is 8.12. The van der Waals surface area contributed by atoms with E-state index in [-0.39, 0.29) is 5.97 Å². The van der Waals surface area contributed by atoms with Gasteiger partial charge in [0.2, 0.25) is 0 Å². The molecule has 3 heteroatoms. The van der Waals surface area contributed by atoms with Crippen molar-refractivity contribution >= 4 is 17.3 Å². The lowest BCUT2D eigenvalue weighted by Gasteiger charge is -2.02. The van der Waals surface area contributed by atoms with Crippen LogP contribution >= 0.6 is 0 Å². The minimum atomic E-state index is -0.120. The van der Waals surface area contributed by atoms with E-state index < -0.39 is 0 Å². The highest BCUT2D eigenvalue weighted by Gasteiger charge is 2.27. The van der Waals surface area contributed by atoms with Crippen LogP contribution in [0.2, 0.25) is 0 Å². The molecular formula is C11H13NO2. The fourth-order valence-electron chi connectivity index (χ4n) is 1.55. The second kappa shape index (κ2) is 3.70. The van der Waals surface area contributed by atoms with Crippen LogP contribution in [0.25, 0.3) is 0 Å². The van der Waals surface area contributed by atoms with E-state index in [1.807, 2.05) is 19.1 Å². The summed E-state index contributed by atoms with van der Waals surface area (Å²) in [4.78, 5) is 13.2. The first kappa shape index (κ1) is 9.06. The normalized spacial score (nSPS) is 12.2. The number of para-hydroxylation sites is 2. The molecule has 2 rings (SSSR count). The van der Waals surface area contributed by atoms with Gasteiger partial charge in [-0.2, -0.15) is 0 Å². The predicted octanol–water partition coefficient (Wildman–Crippen LogP) is 2.09. The van der Waals surface area contributed by atoms with Crippen molar-refractivity contribution < 1.29 is 9.53 Å². The van der Waals surface area contributed by atoms with Crippen molar-refractivity contribution in [2.75, 3.05) is 18.1 Å². The lowest BCUT2D eigenvalue weighted by atomic mass is 10.4. The molecule has 0 N–H and O–H groups in total. The fourth-order valence-corrected chi connectivity index (χ4v) is 1.55. The van der Waals surface area contributed by atoms with Gasteiger partial charge < -0.3 is 9.64 Å². The monoisotopic (exact) mass is 191 g/mol. The highest BCUT2D eigenvalue weighted by Crippen LogP contribution is 2.46. The molecule has 1 aliphatic rings. The Hall–Kier alpha value is -1.51. The van der Waals surface area contributed by atoms with Gasteiger partial charge in [-0.25, -0.2) is 0 Å². The van der Waals surface area contributed by atoms with Gasteiger partial charge in [-0.3, -0.25) is 4.79 Å². The second-order valence-corrected chi connectivity index (χ2v) is 3.20. The minimum absolute atomic E-state index is 0.120. The van der Waals surface area contributed by atoms with E-state index in [4.69, 9.17) is 4.74 Å². The molecule has 0 radical (unpaired) electrons. The van der Waals surface area contributed by atoms with Crippen molar-refractivity contribution in [3.63, 3.8) is 0 Å². The third-order valence-electron chi connectivity index (χ3n) is 2.26. The maximum atomic E-state index is 11.1. The van der Waals surface area contributed by atoms with E-state index in [0.717, 1.165) is 6.54 Å². The fraction of sp³-hybridized carbons (Fsp3) is 0.364. The van der Waals surface area contributed by atoms with Gasteiger partial charge in [-0.05, 0) is 19.1 Å². The molecule has 0 bridgehead atoms. The van der Waals surface area contributed by atoms with Crippen molar-refractivity contribution in [2.45, 2.75) is 13.3 Å². The van der Waals surface area contributed by atoms with Crippen molar-refractivity contribution in [1.82, 2.24) is 0 Å². The van der Waals surface area contributed by atoms with Gasteiger partial charge in [0.05, 0.1) is 24.4 Å². The van der Waals surface area contributed by atoms with E-state index in [2.05, 4.69) is 17.0 Å². The zero-order valence-corrected chi connectivity index (χ0v) is 8.19. The number of fused-ring (bicyclic) bond motifs is 1. The van der Waals surface area contributed by atoms with Crippen molar-refractivity contribution in [3.05, 3.63) is 24.3 Å². The minimum Gasteiger partial charge on any atom is -0.466 e. The molecule has 0 saturated heterocycles. The predicted molar refractivity (Wildman–Crippen MR) is 54.7 cm³/mol. The molecule has 0 fully saturated rings. The first-order valence-corrected chi connectivity index (χ1v) is 4.85. The Kier molecular flexibility index (Phi) is 2.39. The molecule has 0 saturated carbocycles. The highest BCUT2D eigenvalue weighted by atomic mass is 16.5. The van der Waals surface area contributed by atoms with Gasteiger partial charge in [-0.15, -0.1) is 0 Å². The van der Waals surface area contributed by atoms with E-state index in [9.17, 15) is 4.79 Å². The van der Waals surface area contributed by atoms with Gasteiger partial charge in [0.15, 0.2) is 0 Å². The molecule has 0 aliphatic carbocycles. The summed E-state index contributed by atoms with van der Waals surface area (Å²) in [7, 11) is 0. The van der Waals surface area contributed by atoms with E-state index in [1.54, 1.807) is 0 Å². The van der Waals surface area contributed by atoms with E-state index in [1.165, 1.54) is 11.4 Å². The van der Waals surface area contributed by atoms with Crippen LogP contribution in [0.5, 0.6) is 0 Å². The molecule has 74 valence electrons. The number of hydrogen-bond donors (Lipinski definition) is 0. The molecule has 3 nitrogen and oxygen atoms in total. The molecule has 1 aliphatic heterocycles. The van der Waals surface area contributed by atoms with Crippen LogP contribution in [0.3, 0.4) is 0 Å². The highest BCUT2D eigenvalue weighted by molar-refractivity contribution is 5.93. The third kappa shape index (κ3) is 1.71. The van der Waals surface area contributed by atoms with Crippen LogP contribution in [0.15, 0.2) is 24.3 Å². The maximum absolute atomic E-state index is 11.1. The molecule has 1 aromatic rings. The molecule has 0 atom stereocenters. The van der Waals surface area contributed by atoms with Crippen molar-refractivity contribution in [1.29, 1.82) is 0 Å². The molecule has 1 aromatic carbocycles. The van der Waals surface area contributed by atoms with Gasteiger partial charge in [0, 0.05) is 6.54 Å². The molecule has 14 heavy (non-hydrogen) atoms. The topological polar surface area (TPSA) is 29.3 Å². The van der Waals surface area contributed by atoms with Crippen LogP contribution in [-0.4, -0.2) is 19.1 Å². The Labute approximate surface area is 83.3 Å². The first-order chi connectivity index (χ1) is 6.83. The summed E-state index contributed by atoms with van der Waals surface area (Å²) in [5, 5.41) is 0. The number of carbonyl (C=O) groups is 1. The van der Waals surface area contributed by atoms with Crippen LogP contribution < -0.4 is 4.90 Å². The number of nitrogens with zero attached hydrogens (tertiary/aromatic N) is 1. The zero-order chi connectivity index (χ0) is 9.97. The Morgan fingerprint density at radius 1 is 1.36 bits per heavy atom. The first-order valence-electron chi connectivity index (χ1n) is 4.85. The van der Waals surface area contributed by atoms with Crippen LogP contribution in [0, 0.1) is 0 Å². The van der Waals surface area contributed by atoms with Crippen LogP contribution in [-0.2, 0) is 9.53 Å². The molecule has 0 spiro atoms. The maximum Gasteiger partial charge on any atom is 0.307 e. The molecule has 0 aromatic heterocycles. The van der Waals surface area contributed by atoms with Crippen molar-refractivity contribution in [2.24, 2.45) is 0 Å². The van der Waals surface area contributed by atoms with Gasteiger partial charge in [0.1, 0.15) is 0 Å². The molecule has 0 unspecified atom stereocenters. The Bertz CT molecular complexity index is 326. The van der Waals surface area contributed by atoms with E-state index in [0.29, 0.717) is 13.0 Å². The standard InChI is InChI=1S/C11H13NO2/c1-2-14-11(13)7-8-12-9-5-3-4-6-10(9)12/h3-6H,2,7-8H2,1H3. The number of hydrogen-bond acceptors (Lipinski definition) is 3. The number of esters is 1. The number of carbonyl (C=O) groups excluding carboxylic acids is 1. The Balaban J connectivity index is 1.78. The summed E-state index contributed by atoms with van der Waals surface area (Å²) in [5.41, 5.74) is 2.47. The number of benzene rings is 1. The van der Waals surface area contributed by atoms with Gasteiger partial charge >= 0.3 is 5.97 Å². The zero-order valence-electron chi connectivity index (χ0n) is 8.19.